The molecular weight excluding hydrogens is 327 g/mol. The van der Waals surface area contributed by atoms with Crippen LogP contribution in [0.15, 0.2) is 11.8 Å². The zero-order valence-corrected chi connectivity index (χ0v) is 13.7. The topological polar surface area (TPSA) is 36.3 Å². The van der Waals surface area contributed by atoms with Gasteiger partial charge in [-0.15, -0.1) is 6.42 Å². The molecule has 2 rings (SSSR count). The minimum absolute atomic E-state index is 0.118. The Kier molecular flexibility index (Phi) is 4.59. The zero-order valence-electron chi connectivity index (χ0n) is 13.7. The predicted molar refractivity (Wildman–Crippen MR) is 81.2 cm³/mol. The van der Waals surface area contributed by atoms with E-state index in [0.29, 0.717) is 0 Å². The number of halogens is 4. The van der Waals surface area contributed by atoms with Crippen molar-refractivity contribution in [2.24, 2.45) is 0 Å². The Bertz CT molecular complexity index is 685. The van der Waals surface area contributed by atoms with Crippen LogP contribution in [-0.2, 0) is 22.0 Å². The van der Waals surface area contributed by atoms with Crippen molar-refractivity contribution in [3.05, 3.63) is 23.2 Å². The van der Waals surface area contributed by atoms with Crippen LogP contribution in [0, 0.1) is 12.3 Å². The van der Waals surface area contributed by atoms with Crippen LogP contribution in [0.25, 0.3) is 6.08 Å². The smallest absolute Gasteiger partial charge is 0.398 e. The first-order valence-electron chi connectivity index (χ1n) is 7.18. The Morgan fingerprint density at radius 1 is 1.33 bits per heavy atom. The van der Waals surface area contributed by atoms with Crippen LogP contribution in [0.5, 0.6) is 0 Å². The van der Waals surface area contributed by atoms with Gasteiger partial charge >= 0.3 is 13.3 Å². The summed E-state index contributed by atoms with van der Waals surface area (Å²) >= 11 is 0. The van der Waals surface area contributed by atoms with E-state index in [9.17, 15) is 17.6 Å². The molecule has 0 saturated carbocycles. The van der Waals surface area contributed by atoms with Crippen molar-refractivity contribution in [1.29, 1.82) is 0 Å². The number of alkyl halides is 3. The summed E-state index contributed by atoms with van der Waals surface area (Å²) in [6.07, 6.45) is 1.36. The van der Waals surface area contributed by atoms with E-state index < -0.39 is 35.9 Å². The normalized spacial score (nSPS) is 20.3. The third-order valence-electron chi connectivity index (χ3n) is 4.11. The maximum Gasteiger partial charge on any atom is 0.525 e. The van der Waals surface area contributed by atoms with Gasteiger partial charge in [-0.25, -0.2) is 4.39 Å². The zero-order chi connectivity index (χ0) is 18.3. The lowest BCUT2D eigenvalue weighted by Crippen LogP contribution is -2.41. The highest BCUT2D eigenvalue weighted by molar-refractivity contribution is 6.54. The molecule has 0 radical (unpaired) electrons. The molecule has 130 valence electrons. The number of nitrogens with zero attached hydrogens (tertiary/aromatic N) is 2. The summed E-state index contributed by atoms with van der Waals surface area (Å²) in [5.74, 6) is 2.18. The van der Waals surface area contributed by atoms with Gasteiger partial charge in [-0.3, -0.25) is 4.68 Å². The molecule has 1 aromatic rings. The molecule has 0 amide bonds. The first-order valence-corrected chi connectivity index (χ1v) is 7.18. The molecule has 1 aromatic heterocycles. The highest BCUT2D eigenvalue weighted by atomic mass is 19.4. The van der Waals surface area contributed by atoms with Crippen molar-refractivity contribution in [3.63, 3.8) is 0 Å². The lowest BCUT2D eigenvalue weighted by Gasteiger charge is -2.32. The minimum Gasteiger partial charge on any atom is -0.398 e. The standard InChI is InChI=1S/C15H17BF4N2O2/c1-6-7-22-10(8-11(21-22)15(18,19)20)9-12(17)16-23-13(2,3)14(4,5)24-16/h1,8-9H,7H2,2-5H3. The fourth-order valence-electron chi connectivity index (χ4n) is 2.06. The van der Waals surface area contributed by atoms with Crippen molar-refractivity contribution >= 4 is 13.2 Å². The Morgan fingerprint density at radius 2 is 1.88 bits per heavy atom. The summed E-state index contributed by atoms with van der Waals surface area (Å²) in [7, 11) is -1.31. The van der Waals surface area contributed by atoms with Crippen LogP contribution in [0.4, 0.5) is 17.6 Å². The molecule has 0 atom stereocenters. The first-order chi connectivity index (χ1) is 10.9. The largest absolute Gasteiger partial charge is 0.525 e. The van der Waals surface area contributed by atoms with Crippen molar-refractivity contribution in [3.8, 4) is 12.3 Å². The summed E-state index contributed by atoms with van der Waals surface area (Å²) in [6, 6.07) is 0.724. The quantitative estimate of drug-likeness (QED) is 0.479. The van der Waals surface area contributed by atoms with E-state index in [1.54, 1.807) is 27.7 Å². The summed E-state index contributed by atoms with van der Waals surface area (Å²) in [5.41, 5.74) is -3.66. The molecule has 2 heterocycles. The summed E-state index contributed by atoms with van der Waals surface area (Å²) in [6.45, 7) is 6.74. The number of rotatable bonds is 3. The third kappa shape index (κ3) is 3.49. The van der Waals surface area contributed by atoms with E-state index in [4.69, 9.17) is 15.7 Å². The van der Waals surface area contributed by atoms with Gasteiger partial charge in [0.05, 0.1) is 16.9 Å². The van der Waals surface area contributed by atoms with Gasteiger partial charge in [0.15, 0.2) is 5.69 Å². The van der Waals surface area contributed by atoms with E-state index in [1.165, 1.54) is 0 Å². The minimum atomic E-state index is -4.65. The van der Waals surface area contributed by atoms with Crippen molar-refractivity contribution < 1.29 is 26.9 Å². The lowest BCUT2D eigenvalue weighted by atomic mass is 9.87. The second kappa shape index (κ2) is 5.94. The maximum absolute atomic E-state index is 14.4. The van der Waals surface area contributed by atoms with E-state index in [2.05, 4.69) is 11.0 Å². The average molecular weight is 344 g/mol. The van der Waals surface area contributed by atoms with Gasteiger partial charge in [-0.05, 0) is 39.8 Å². The predicted octanol–water partition coefficient (Wildman–Crippen LogP) is 3.48. The first kappa shape index (κ1) is 18.6. The van der Waals surface area contributed by atoms with E-state index in [0.717, 1.165) is 16.8 Å². The molecular formula is C15H17BF4N2O2. The fraction of sp³-hybridized carbons (Fsp3) is 0.533. The molecule has 0 unspecified atom stereocenters. The number of hydrogen-bond donors (Lipinski definition) is 0. The Hall–Kier alpha value is -1.79. The van der Waals surface area contributed by atoms with Crippen LogP contribution in [0.3, 0.4) is 0 Å². The van der Waals surface area contributed by atoms with Crippen LogP contribution in [0.2, 0.25) is 0 Å². The van der Waals surface area contributed by atoms with Gasteiger partial charge < -0.3 is 9.31 Å². The molecule has 0 aliphatic carbocycles. The maximum atomic E-state index is 14.4. The second-order valence-electron chi connectivity index (χ2n) is 6.43. The lowest BCUT2D eigenvalue weighted by molar-refractivity contribution is -0.141. The fourth-order valence-corrected chi connectivity index (χ4v) is 2.06. The molecule has 1 aliphatic rings. The van der Waals surface area contributed by atoms with Gasteiger partial charge in [0.2, 0.25) is 0 Å². The van der Waals surface area contributed by atoms with Gasteiger partial charge in [0, 0.05) is 0 Å². The molecule has 24 heavy (non-hydrogen) atoms. The molecule has 1 saturated heterocycles. The van der Waals surface area contributed by atoms with E-state index in [1.807, 2.05) is 0 Å². The van der Waals surface area contributed by atoms with Crippen LogP contribution >= 0.6 is 0 Å². The summed E-state index contributed by atoms with van der Waals surface area (Å²) < 4.78 is 64.7. The molecule has 0 aromatic carbocycles. The number of hydrogen-bond acceptors (Lipinski definition) is 3. The van der Waals surface area contributed by atoms with Crippen LogP contribution in [0.1, 0.15) is 39.1 Å². The van der Waals surface area contributed by atoms with E-state index >= 15 is 0 Å². The Labute approximate surface area is 138 Å². The molecule has 0 bridgehead atoms. The highest BCUT2D eigenvalue weighted by Crippen LogP contribution is 2.39. The molecule has 0 N–H and O–H groups in total. The Balaban J connectivity index is 2.34. The van der Waals surface area contributed by atoms with Gasteiger partial charge in [0.1, 0.15) is 12.3 Å². The second-order valence-corrected chi connectivity index (χ2v) is 6.43. The van der Waals surface area contributed by atoms with Crippen LogP contribution < -0.4 is 0 Å². The molecule has 4 nitrogen and oxygen atoms in total. The molecule has 9 heteroatoms. The summed E-state index contributed by atoms with van der Waals surface area (Å²) in [5, 5.41) is 3.36. The average Bonchev–Trinajstić information content (AvgIpc) is 2.89. The third-order valence-corrected chi connectivity index (χ3v) is 4.11. The van der Waals surface area contributed by atoms with Crippen molar-refractivity contribution in [2.45, 2.75) is 51.6 Å². The van der Waals surface area contributed by atoms with E-state index in [-0.39, 0.29) is 12.2 Å². The van der Waals surface area contributed by atoms with Gasteiger partial charge in [-0.1, -0.05) is 5.92 Å². The van der Waals surface area contributed by atoms with Gasteiger partial charge in [0.25, 0.3) is 0 Å². The highest BCUT2D eigenvalue weighted by Gasteiger charge is 2.53. The Morgan fingerprint density at radius 3 is 2.33 bits per heavy atom. The monoisotopic (exact) mass is 344 g/mol. The van der Waals surface area contributed by atoms with Crippen LogP contribution in [-0.4, -0.2) is 28.1 Å². The van der Waals surface area contributed by atoms with Crippen molar-refractivity contribution in [1.82, 2.24) is 9.78 Å². The van der Waals surface area contributed by atoms with Gasteiger partial charge in [-0.2, -0.15) is 18.3 Å². The molecule has 1 fully saturated rings. The number of aromatic nitrogens is 2. The SMILES string of the molecule is C#CCn1nc(C(F)(F)F)cc1C=C(F)B1OC(C)(C)C(C)(C)O1. The molecule has 1 aliphatic heterocycles. The summed E-state index contributed by atoms with van der Waals surface area (Å²) in [4.78, 5) is 0. The molecule has 0 spiro atoms. The van der Waals surface area contributed by atoms with Crippen molar-refractivity contribution in [2.75, 3.05) is 0 Å². The number of terminal acetylenes is 1.